The number of rotatable bonds is 9. The molecule has 0 aliphatic rings. The molecule has 17 heavy (non-hydrogen) atoms. The molecule has 0 fully saturated rings. The Kier molecular flexibility index (Phi) is 7.22. The summed E-state index contributed by atoms with van der Waals surface area (Å²) in [5.74, 6) is 0.262. The third-order valence-corrected chi connectivity index (χ3v) is 4.77. The number of nitrogens with one attached hydrogen (secondary N) is 2. The first-order valence-corrected chi connectivity index (χ1v) is 9.26. The lowest BCUT2D eigenvalue weighted by molar-refractivity contribution is 0.544. The minimum Gasteiger partial charge on any atom is -0.313 e. The van der Waals surface area contributed by atoms with E-state index >= 15 is 0 Å². The third-order valence-electron chi connectivity index (χ3n) is 2.15. The largest absolute Gasteiger partial charge is 0.313 e. The van der Waals surface area contributed by atoms with Crippen molar-refractivity contribution in [3.63, 3.8) is 0 Å². The van der Waals surface area contributed by atoms with Crippen LogP contribution in [0.3, 0.4) is 0 Å². The fourth-order valence-electron chi connectivity index (χ4n) is 1.25. The molecule has 0 aliphatic carbocycles. The van der Waals surface area contributed by atoms with Gasteiger partial charge in [0.2, 0.25) is 10.0 Å². The minimum atomic E-state index is -3.13. The van der Waals surface area contributed by atoms with Crippen LogP contribution in [0.25, 0.3) is 0 Å². The SMILES string of the molecule is CCS(=O)(=O)CC(C)NCCCNS(C)(=O)=O. The van der Waals surface area contributed by atoms with E-state index < -0.39 is 19.9 Å². The zero-order valence-corrected chi connectivity index (χ0v) is 12.2. The van der Waals surface area contributed by atoms with Gasteiger partial charge in [-0.15, -0.1) is 0 Å². The number of hydrogen-bond donors (Lipinski definition) is 2. The zero-order valence-electron chi connectivity index (χ0n) is 10.6. The molecule has 1 unspecified atom stereocenters. The molecule has 0 spiro atoms. The van der Waals surface area contributed by atoms with Crippen molar-refractivity contribution in [3.8, 4) is 0 Å². The van der Waals surface area contributed by atoms with Crippen LogP contribution in [0.15, 0.2) is 0 Å². The van der Waals surface area contributed by atoms with Crippen LogP contribution in [0.1, 0.15) is 20.3 Å². The second kappa shape index (κ2) is 7.30. The highest BCUT2D eigenvalue weighted by Crippen LogP contribution is 1.94. The summed E-state index contributed by atoms with van der Waals surface area (Å²) in [5, 5.41) is 3.05. The summed E-state index contributed by atoms with van der Waals surface area (Å²) in [4.78, 5) is 0. The van der Waals surface area contributed by atoms with E-state index in [-0.39, 0.29) is 17.5 Å². The monoisotopic (exact) mass is 286 g/mol. The molecule has 0 aromatic rings. The Morgan fingerprint density at radius 3 is 2.18 bits per heavy atom. The van der Waals surface area contributed by atoms with Gasteiger partial charge in [-0.2, -0.15) is 0 Å². The van der Waals surface area contributed by atoms with Crippen LogP contribution in [0.5, 0.6) is 0 Å². The van der Waals surface area contributed by atoms with E-state index in [1.54, 1.807) is 13.8 Å². The molecule has 0 bridgehead atoms. The molecule has 0 radical (unpaired) electrons. The van der Waals surface area contributed by atoms with Crippen molar-refractivity contribution in [2.45, 2.75) is 26.3 Å². The zero-order chi connectivity index (χ0) is 13.5. The van der Waals surface area contributed by atoms with Crippen LogP contribution in [0, 0.1) is 0 Å². The topological polar surface area (TPSA) is 92.3 Å². The predicted molar refractivity (Wildman–Crippen MR) is 69.3 cm³/mol. The Bertz CT molecular complexity index is 403. The Morgan fingerprint density at radius 1 is 1.12 bits per heavy atom. The van der Waals surface area contributed by atoms with Crippen molar-refractivity contribution < 1.29 is 16.8 Å². The van der Waals surface area contributed by atoms with Gasteiger partial charge in [-0.25, -0.2) is 21.6 Å². The lowest BCUT2D eigenvalue weighted by atomic mass is 10.3. The molecule has 0 aromatic heterocycles. The minimum absolute atomic E-state index is 0.113. The number of hydrogen-bond acceptors (Lipinski definition) is 5. The molecule has 0 aliphatic heterocycles. The summed E-state index contributed by atoms with van der Waals surface area (Å²) in [5.41, 5.74) is 0. The van der Waals surface area contributed by atoms with Crippen molar-refractivity contribution in [2.24, 2.45) is 0 Å². The van der Waals surface area contributed by atoms with Crippen molar-refractivity contribution in [3.05, 3.63) is 0 Å². The molecule has 0 rings (SSSR count). The molecule has 2 N–H and O–H groups in total. The van der Waals surface area contributed by atoms with Crippen LogP contribution in [-0.2, 0) is 19.9 Å². The second-order valence-electron chi connectivity index (χ2n) is 4.07. The molecular formula is C9H22N2O4S2. The first-order valence-electron chi connectivity index (χ1n) is 5.54. The molecule has 0 aromatic carbocycles. The Balaban J connectivity index is 3.70. The highest BCUT2D eigenvalue weighted by molar-refractivity contribution is 7.91. The van der Waals surface area contributed by atoms with Gasteiger partial charge in [0, 0.05) is 18.3 Å². The van der Waals surface area contributed by atoms with E-state index in [1.165, 1.54) is 0 Å². The first kappa shape index (κ1) is 16.8. The van der Waals surface area contributed by atoms with E-state index in [4.69, 9.17) is 0 Å². The number of sulfone groups is 1. The summed E-state index contributed by atoms with van der Waals surface area (Å²) in [6.07, 6.45) is 1.74. The molecular weight excluding hydrogens is 264 g/mol. The maximum Gasteiger partial charge on any atom is 0.208 e. The summed E-state index contributed by atoms with van der Waals surface area (Å²) < 4.78 is 46.5. The van der Waals surface area contributed by atoms with Crippen LogP contribution in [0.4, 0.5) is 0 Å². The summed E-state index contributed by atoms with van der Waals surface area (Å²) in [6, 6.07) is -0.113. The van der Waals surface area contributed by atoms with Gasteiger partial charge in [0.05, 0.1) is 12.0 Å². The fraction of sp³-hybridized carbons (Fsp3) is 1.00. The number of sulfonamides is 1. The van der Waals surface area contributed by atoms with Crippen molar-refractivity contribution in [1.29, 1.82) is 0 Å². The summed E-state index contributed by atoms with van der Waals surface area (Å²) in [6.45, 7) is 4.37. The maximum absolute atomic E-state index is 11.3. The van der Waals surface area contributed by atoms with E-state index in [0.717, 1.165) is 6.26 Å². The van der Waals surface area contributed by atoms with Gasteiger partial charge in [-0.05, 0) is 19.9 Å². The van der Waals surface area contributed by atoms with Gasteiger partial charge in [0.1, 0.15) is 0 Å². The highest BCUT2D eigenvalue weighted by Gasteiger charge is 2.12. The van der Waals surface area contributed by atoms with Gasteiger partial charge >= 0.3 is 0 Å². The van der Waals surface area contributed by atoms with Crippen molar-refractivity contribution >= 4 is 19.9 Å². The first-order chi connectivity index (χ1) is 7.66. The Morgan fingerprint density at radius 2 is 1.71 bits per heavy atom. The fourth-order valence-corrected chi connectivity index (χ4v) is 2.88. The van der Waals surface area contributed by atoms with Crippen LogP contribution >= 0.6 is 0 Å². The molecule has 104 valence electrons. The molecule has 0 heterocycles. The third kappa shape index (κ3) is 10.7. The van der Waals surface area contributed by atoms with Gasteiger partial charge in [-0.1, -0.05) is 6.92 Å². The molecule has 0 saturated carbocycles. The van der Waals surface area contributed by atoms with Gasteiger partial charge < -0.3 is 5.32 Å². The molecule has 6 nitrogen and oxygen atoms in total. The van der Waals surface area contributed by atoms with Crippen LogP contribution in [-0.4, -0.2) is 53.7 Å². The highest BCUT2D eigenvalue weighted by atomic mass is 32.2. The van der Waals surface area contributed by atoms with E-state index in [9.17, 15) is 16.8 Å². The van der Waals surface area contributed by atoms with E-state index in [2.05, 4.69) is 10.0 Å². The van der Waals surface area contributed by atoms with Crippen LogP contribution in [0.2, 0.25) is 0 Å². The lowest BCUT2D eigenvalue weighted by Crippen LogP contribution is -2.35. The van der Waals surface area contributed by atoms with E-state index in [1.807, 2.05) is 0 Å². The summed E-state index contributed by atoms with van der Waals surface area (Å²) in [7, 11) is -6.09. The predicted octanol–water partition coefficient (Wildman–Crippen LogP) is -0.661. The average molecular weight is 286 g/mol. The van der Waals surface area contributed by atoms with Gasteiger partial charge in [0.25, 0.3) is 0 Å². The quantitative estimate of drug-likeness (QED) is 0.549. The smallest absolute Gasteiger partial charge is 0.208 e. The van der Waals surface area contributed by atoms with Gasteiger partial charge in [-0.3, -0.25) is 0 Å². The standard InChI is InChI=1S/C9H22N2O4S2/c1-4-17(14,15)8-9(2)10-6-5-7-11-16(3,12)13/h9-11H,4-8H2,1-3H3. The molecule has 0 amide bonds. The van der Waals surface area contributed by atoms with Gasteiger partial charge in [0.15, 0.2) is 9.84 Å². The maximum atomic E-state index is 11.3. The second-order valence-corrected chi connectivity index (χ2v) is 8.30. The average Bonchev–Trinajstić information content (AvgIpc) is 2.14. The lowest BCUT2D eigenvalue weighted by Gasteiger charge is -2.13. The molecule has 1 atom stereocenters. The molecule has 8 heteroatoms. The van der Waals surface area contributed by atoms with E-state index in [0.29, 0.717) is 19.5 Å². The summed E-state index contributed by atoms with van der Waals surface area (Å²) >= 11 is 0. The van der Waals surface area contributed by atoms with Crippen LogP contribution < -0.4 is 10.0 Å². The normalized spacial score (nSPS) is 14.8. The Hall–Kier alpha value is -0.180. The van der Waals surface area contributed by atoms with Crippen molar-refractivity contribution in [1.82, 2.24) is 10.0 Å². The molecule has 0 saturated heterocycles. The Labute approximate surface area is 104 Å². The van der Waals surface area contributed by atoms with Crippen molar-refractivity contribution in [2.75, 3.05) is 30.9 Å².